The summed E-state index contributed by atoms with van der Waals surface area (Å²) in [6.45, 7) is 4.95. The third kappa shape index (κ3) is 17.5. The maximum Gasteiger partial charge on any atom is 0.322 e. The second kappa shape index (κ2) is 21.9. The zero-order valence-electron chi connectivity index (χ0n) is 27.4. The smallest absolute Gasteiger partial charge is 0.322 e. The van der Waals surface area contributed by atoms with Gasteiger partial charge in [-0.25, -0.2) is 0 Å². The van der Waals surface area contributed by atoms with Crippen molar-refractivity contribution in [2.24, 2.45) is 28.1 Å². The predicted octanol–water partition coefficient (Wildman–Crippen LogP) is -1.38. The van der Waals surface area contributed by atoms with Crippen LogP contribution in [0.2, 0.25) is 0 Å². The van der Waals surface area contributed by atoms with Crippen molar-refractivity contribution < 1.29 is 33.9 Å². The minimum absolute atomic E-state index is 0.0564. The number of rotatable bonds is 22. The van der Waals surface area contributed by atoms with Crippen LogP contribution in [-0.4, -0.2) is 90.4 Å². The summed E-state index contributed by atoms with van der Waals surface area (Å²) in [4.78, 5) is 80.2. The highest BCUT2D eigenvalue weighted by molar-refractivity contribution is 5.95. The lowest BCUT2D eigenvalue weighted by atomic mass is 10.00. The van der Waals surface area contributed by atoms with Crippen molar-refractivity contribution in [1.29, 1.82) is 0 Å². The van der Waals surface area contributed by atoms with Crippen LogP contribution in [0.3, 0.4) is 0 Å². The van der Waals surface area contributed by atoms with Gasteiger partial charge in [-0.1, -0.05) is 44.2 Å². The van der Waals surface area contributed by atoms with Gasteiger partial charge < -0.3 is 48.9 Å². The fraction of sp³-hybridized carbons (Fsp3) is 0.581. The summed E-state index contributed by atoms with van der Waals surface area (Å²) in [5, 5.41) is 22.0. The summed E-state index contributed by atoms with van der Waals surface area (Å²) in [6, 6.07) is 4.61. The minimum atomic E-state index is -1.25. The number of nitrogens with zero attached hydrogens (tertiary/aromatic N) is 1. The van der Waals surface area contributed by atoms with E-state index in [0.717, 1.165) is 5.56 Å². The van der Waals surface area contributed by atoms with Gasteiger partial charge in [0.05, 0.1) is 0 Å². The van der Waals surface area contributed by atoms with Crippen molar-refractivity contribution in [3.63, 3.8) is 0 Å². The van der Waals surface area contributed by atoms with Gasteiger partial charge in [-0.05, 0) is 56.6 Å². The van der Waals surface area contributed by atoms with E-state index in [-0.39, 0.29) is 44.1 Å². The number of guanidine groups is 1. The fourth-order valence-corrected chi connectivity index (χ4v) is 4.64. The van der Waals surface area contributed by atoms with Gasteiger partial charge in [0.25, 0.3) is 0 Å². The second-order valence-electron chi connectivity index (χ2n) is 11.6. The number of carboxylic acids is 1. The SMILES string of the molecule is CC(=O)N[C@@H](CCCN=C(N)N)C(=O)N[C@@H](CCCCN)C(=O)N[C@@H](CC(C)C)C(=O)N[C@@H](Cc1ccccc1)C(=O)NCC(=O)O. The molecule has 5 amide bonds. The minimum Gasteiger partial charge on any atom is -0.480 e. The van der Waals surface area contributed by atoms with Gasteiger partial charge in [-0.15, -0.1) is 0 Å². The van der Waals surface area contributed by atoms with Gasteiger partial charge in [-0.2, -0.15) is 0 Å². The number of carbonyl (C=O) groups excluding carboxylic acids is 5. The van der Waals surface area contributed by atoms with E-state index >= 15 is 0 Å². The summed E-state index contributed by atoms with van der Waals surface area (Å²) < 4.78 is 0. The number of aliphatic carboxylic acids is 1. The molecule has 47 heavy (non-hydrogen) atoms. The number of aliphatic imine (C=N–C) groups is 1. The lowest BCUT2D eigenvalue weighted by molar-refractivity contribution is -0.138. The Bertz CT molecular complexity index is 1210. The van der Waals surface area contributed by atoms with Crippen LogP contribution in [-0.2, 0) is 35.2 Å². The van der Waals surface area contributed by atoms with Crippen molar-refractivity contribution in [2.75, 3.05) is 19.6 Å². The number of carbonyl (C=O) groups is 6. The van der Waals surface area contributed by atoms with E-state index in [1.165, 1.54) is 6.92 Å². The summed E-state index contributed by atoms with van der Waals surface area (Å²) >= 11 is 0. The molecule has 0 fully saturated rings. The Hall–Kier alpha value is -4.73. The third-order valence-corrected chi connectivity index (χ3v) is 6.89. The van der Waals surface area contributed by atoms with Crippen molar-refractivity contribution >= 4 is 41.5 Å². The van der Waals surface area contributed by atoms with Crippen LogP contribution in [0, 0.1) is 5.92 Å². The monoisotopic (exact) mass is 661 g/mol. The number of nitrogens with one attached hydrogen (secondary N) is 5. The van der Waals surface area contributed by atoms with E-state index in [1.54, 1.807) is 30.3 Å². The number of nitrogens with two attached hydrogens (primary N) is 3. The normalized spacial score (nSPS) is 13.3. The van der Waals surface area contributed by atoms with E-state index < -0.39 is 66.2 Å². The van der Waals surface area contributed by atoms with Gasteiger partial charge in [0.1, 0.15) is 30.7 Å². The summed E-state index contributed by atoms with van der Waals surface area (Å²) in [7, 11) is 0. The highest BCUT2D eigenvalue weighted by Crippen LogP contribution is 2.10. The average Bonchev–Trinajstić information content (AvgIpc) is 3.00. The van der Waals surface area contributed by atoms with Crippen molar-refractivity contribution in [1.82, 2.24) is 26.6 Å². The van der Waals surface area contributed by atoms with Gasteiger partial charge in [0, 0.05) is 19.9 Å². The van der Waals surface area contributed by atoms with Gasteiger partial charge >= 0.3 is 5.97 Å². The Kier molecular flexibility index (Phi) is 18.8. The lowest BCUT2D eigenvalue weighted by Crippen LogP contribution is -2.58. The molecule has 4 atom stereocenters. The molecule has 0 aromatic heterocycles. The van der Waals surface area contributed by atoms with Crippen LogP contribution >= 0.6 is 0 Å². The average molecular weight is 662 g/mol. The van der Waals surface area contributed by atoms with E-state index in [4.69, 9.17) is 22.3 Å². The maximum absolute atomic E-state index is 13.6. The summed E-state index contributed by atoms with van der Waals surface area (Å²) in [5.74, 6) is -4.42. The van der Waals surface area contributed by atoms with Crippen LogP contribution in [0.15, 0.2) is 35.3 Å². The molecule has 1 aromatic rings. The maximum atomic E-state index is 13.6. The first kappa shape index (κ1) is 40.3. The first-order valence-corrected chi connectivity index (χ1v) is 15.7. The van der Waals surface area contributed by atoms with E-state index in [9.17, 15) is 28.8 Å². The molecule has 0 aliphatic rings. The lowest BCUT2D eigenvalue weighted by Gasteiger charge is -2.27. The van der Waals surface area contributed by atoms with Crippen LogP contribution in [0.5, 0.6) is 0 Å². The summed E-state index contributed by atoms with van der Waals surface area (Å²) in [5.41, 5.74) is 17.1. The Balaban J connectivity index is 3.18. The van der Waals surface area contributed by atoms with Crippen molar-refractivity contribution in [3.8, 4) is 0 Å². The molecule has 0 bridgehead atoms. The zero-order chi connectivity index (χ0) is 35.4. The topological polar surface area (TPSA) is 273 Å². The molecular weight excluding hydrogens is 610 g/mol. The molecule has 0 saturated heterocycles. The molecule has 12 N–H and O–H groups in total. The number of hydrogen-bond acceptors (Lipinski definition) is 8. The number of hydrogen-bond donors (Lipinski definition) is 9. The van der Waals surface area contributed by atoms with E-state index in [0.29, 0.717) is 25.8 Å². The first-order valence-electron chi connectivity index (χ1n) is 15.7. The molecule has 0 heterocycles. The molecule has 0 unspecified atom stereocenters. The number of amides is 5. The van der Waals surface area contributed by atoms with Crippen molar-refractivity contribution in [3.05, 3.63) is 35.9 Å². The Morgan fingerprint density at radius 1 is 0.766 bits per heavy atom. The largest absolute Gasteiger partial charge is 0.480 e. The third-order valence-electron chi connectivity index (χ3n) is 6.89. The van der Waals surface area contributed by atoms with Gasteiger partial charge in [-0.3, -0.25) is 33.8 Å². The first-order chi connectivity index (χ1) is 22.2. The standard InChI is InChI=1S/C31H51N9O7/c1-19(2)16-24(30(47)40-25(27(44)36-18-26(42)43)17-21-10-5-4-6-11-21)39-29(46)23(12-7-8-14-32)38-28(45)22(37-20(3)41)13-9-15-35-31(33)34/h4-6,10-11,19,22-25H,7-9,12-18,32H2,1-3H3,(H,36,44)(H,37,41)(H,38,45)(H,39,46)(H,40,47)(H,42,43)(H4,33,34,35)/t22-,23-,24-,25-/m0/s1. The van der Waals surface area contributed by atoms with Gasteiger partial charge in [0.2, 0.25) is 29.5 Å². The van der Waals surface area contributed by atoms with Crippen LogP contribution < -0.4 is 43.8 Å². The van der Waals surface area contributed by atoms with Gasteiger partial charge in [0.15, 0.2) is 5.96 Å². The van der Waals surface area contributed by atoms with Crippen LogP contribution in [0.4, 0.5) is 0 Å². The van der Waals surface area contributed by atoms with Crippen LogP contribution in [0.1, 0.15) is 64.9 Å². The molecule has 0 spiro atoms. The fourth-order valence-electron chi connectivity index (χ4n) is 4.64. The molecule has 262 valence electrons. The quantitative estimate of drug-likeness (QED) is 0.0399. The second-order valence-corrected chi connectivity index (χ2v) is 11.6. The molecule has 0 radical (unpaired) electrons. The number of unbranched alkanes of at least 4 members (excludes halogenated alkanes) is 1. The number of carboxylic acid groups (broad SMARTS) is 1. The predicted molar refractivity (Wildman–Crippen MR) is 176 cm³/mol. The van der Waals surface area contributed by atoms with Crippen LogP contribution in [0.25, 0.3) is 0 Å². The molecule has 16 heteroatoms. The Morgan fingerprint density at radius 3 is 1.87 bits per heavy atom. The van der Waals surface area contributed by atoms with E-state index in [1.807, 2.05) is 13.8 Å². The molecule has 0 saturated carbocycles. The molecule has 16 nitrogen and oxygen atoms in total. The molecule has 0 aliphatic carbocycles. The number of benzene rings is 1. The summed E-state index contributed by atoms with van der Waals surface area (Å²) in [6.07, 6.45) is 2.14. The van der Waals surface area contributed by atoms with Crippen molar-refractivity contribution in [2.45, 2.75) is 89.9 Å². The molecule has 0 aliphatic heterocycles. The Morgan fingerprint density at radius 2 is 1.32 bits per heavy atom. The van der Waals surface area contributed by atoms with E-state index in [2.05, 4.69) is 31.6 Å². The molecule has 1 rings (SSSR count). The zero-order valence-corrected chi connectivity index (χ0v) is 27.4. The molecular formula is C31H51N9O7. The highest BCUT2D eigenvalue weighted by atomic mass is 16.4. The highest BCUT2D eigenvalue weighted by Gasteiger charge is 2.31. The Labute approximate surface area is 275 Å². The molecule has 1 aromatic carbocycles.